The second kappa shape index (κ2) is 12.0. The maximum Gasteiger partial charge on any atom is 0.264 e. The molecular formula is C28H34N2O6S. The summed E-state index contributed by atoms with van der Waals surface area (Å²) >= 11 is 0. The Morgan fingerprint density at radius 2 is 1.54 bits per heavy atom. The van der Waals surface area contributed by atoms with E-state index in [1.807, 2.05) is 24.3 Å². The molecule has 3 aromatic carbocycles. The van der Waals surface area contributed by atoms with Gasteiger partial charge in [0.15, 0.2) is 0 Å². The van der Waals surface area contributed by atoms with Gasteiger partial charge in [0.2, 0.25) is 5.91 Å². The average Bonchev–Trinajstić information content (AvgIpc) is 2.89. The number of hydrogen-bond donors (Lipinski definition) is 1. The zero-order valence-corrected chi connectivity index (χ0v) is 22.7. The standard InChI is InChI=1S/C28H34N2O6S/c1-28(2,3)21-11-13-22(14-12-21)36-18-17-29-27(31)20-30(37(32,33)24-9-7-6-8-10-24)25-19-23(34-4)15-16-26(25)35-5/h6-16,19H,17-18,20H2,1-5H3,(H,29,31). The highest BCUT2D eigenvalue weighted by Gasteiger charge is 2.29. The van der Waals surface area contributed by atoms with E-state index in [1.54, 1.807) is 30.3 Å². The fourth-order valence-electron chi connectivity index (χ4n) is 3.61. The molecule has 3 rings (SSSR count). The van der Waals surface area contributed by atoms with Gasteiger partial charge in [0.25, 0.3) is 10.0 Å². The van der Waals surface area contributed by atoms with Crippen LogP contribution in [0.3, 0.4) is 0 Å². The van der Waals surface area contributed by atoms with E-state index in [0.717, 1.165) is 4.31 Å². The summed E-state index contributed by atoms with van der Waals surface area (Å²) in [6.45, 7) is 6.40. The zero-order chi connectivity index (χ0) is 27.1. The number of carbonyl (C=O) groups is 1. The molecule has 0 radical (unpaired) electrons. The van der Waals surface area contributed by atoms with Gasteiger partial charge < -0.3 is 19.5 Å². The summed E-state index contributed by atoms with van der Waals surface area (Å²) in [5.41, 5.74) is 1.43. The molecule has 198 valence electrons. The van der Waals surface area contributed by atoms with Crippen LogP contribution in [-0.2, 0) is 20.2 Å². The SMILES string of the molecule is COc1ccc(OC)c(N(CC(=O)NCCOc2ccc(C(C)(C)C)cc2)S(=O)(=O)c2ccccc2)c1. The average molecular weight is 527 g/mol. The van der Waals surface area contributed by atoms with Crippen LogP contribution in [0.4, 0.5) is 5.69 Å². The number of sulfonamides is 1. The number of benzene rings is 3. The van der Waals surface area contributed by atoms with E-state index in [2.05, 4.69) is 26.1 Å². The van der Waals surface area contributed by atoms with Crippen LogP contribution in [0.5, 0.6) is 17.2 Å². The summed E-state index contributed by atoms with van der Waals surface area (Å²) in [4.78, 5) is 12.9. The quantitative estimate of drug-likeness (QED) is 0.373. The summed E-state index contributed by atoms with van der Waals surface area (Å²) in [5.74, 6) is 0.915. The lowest BCUT2D eigenvalue weighted by Gasteiger charge is -2.26. The van der Waals surface area contributed by atoms with Gasteiger partial charge in [0, 0.05) is 6.07 Å². The highest BCUT2D eigenvalue weighted by Crippen LogP contribution is 2.35. The fraction of sp³-hybridized carbons (Fsp3) is 0.321. The van der Waals surface area contributed by atoms with Gasteiger partial charge in [0.05, 0.1) is 31.3 Å². The molecule has 37 heavy (non-hydrogen) atoms. The van der Waals surface area contributed by atoms with E-state index in [4.69, 9.17) is 14.2 Å². The molecule has 1 amide bonds. The normalized spacial score (nSPS) is 11.5. The minimum Gasteiger partial charge on any atom is -0.497 e. The fourth-order valence-corrected chi connectivity index (χ4v) is 5.05. The first-order valence-corrected chi connectivity index (χ1v) is 13.3. The summed E-state index contributed by atoms with van der Waals surface area (Å²) in [5, 5.41) is 2.74. The number of nitrogens with zero attached hydrogens (tertiary/aromatic N) is 1. The first-order valence-electron chi connectivity index (χ1n) is 11.9. The molecule has 0 aromatic heterocycles. The molecule has 9 heteroatoms. The Kier molecular flexibility index (Phi) is 9.04. The number of amides is 1. The van der Waals surface area contributed by atoms with Crippen LogP contribution in [0.25, 0.3) is 0 Å². The monoisotopic (exact) mass is 526 g/mol. The third kappa shape index (κ3) is 7.16. The predicted octanol–water partition coefficient (Wildman–Crippen LogP) is 4.39. The summed E-state index contributed by atoms with van der Waals surface area (Å²) in [6, 6.07) is 20.5. The van der Waals surface area contributed by atoms with Gasteiger partial charge >= 0.3 is 0 Å². The molecule has 0 aliphatic rings. The van der Waals surface area contributed by atoms with E-state index < -0.39 is 22.5 Å². The van der Waals surface area contributed by atoms with E-state index in [1.165, 1.54) is 38.0 Å². The van der Waals surface area contributed by atoms with Crippen molar-refractivity contribution in [3.63, 3.8) is 0 Å². The predicted molar refractivity (Wildman–Crippen MR) is 144 cm³/mol. The van der Waals surface area contributed by atoms with Gasteiger partial charge in [-0.3, -0.25) is 9.10 Å². The second-order valence-electron chi connectivity index (χ2n) is 9.34. The lowest BCUT2D eigenvalue weighted by atomic mass is 9.87. The van der Waals surface area contributed by atoms with E-state index in [9.17, 15) is 13.2 Å². The Morgan fingerprint density at radius 3 is 2.14 bits per heavy atom. The number of anilines is 1. The number of nitrogens with one attached hydrogen (secondary N) is 1. The van der Waals surface area contributed by atoms with Crippen molar-refractivity contribution in [3.05, 3.63) is 78.4 Å². The number of methoxy groups -OCH3 is 2. The maximum atomic E-state index is 13.6. The van der Waals surface area contributed by atoms with Crippen LogP contribution >= 0.6 is 0 Å². The molecule has 0 atom stereocenters. The van der Waals surface area contributed by atoms with Crippen LogP contribution in [-0.4, -0.2) is 48.2 Å². The molecule has 0 aliphatic carbocycles. The van der Waals surface area contributed by atoms with Crippen molar-refractivity contribution in [2.45, 2.75) is 31.1 Å². The molecule has 0 unspecified atom stereocenters. The smallest absolute Gasteiger partial charge is 0.264 e. The molecule has 0 fully saturated rings. The van der Waals surface area contributed by atoms with E-state index in [-0.39, 0.29) is 34.9 Å². The van der Waals surface area contributed by atoms with Crippen molar-refractivity contribution < 1.29 is 27.4 Å². The molecular weight excluding hydrogens is 492 g/mol. The molecule has 0 heterocycles. The molecule has 8 nitrogen and oxygen atoms in total. The zero-order valence-electron chi connectivity index (χ0n) is 21.9. The molecule has 0 saturated carbocycles. The molecule has 0 saturated heterocycles. The summed E-state index contributed by atoms with van der Waals surface area (Å²) in [7, 11) is -1.18. The molecule has 0 aliphatic heterocycles. The molecule has 3 aromatic rings. The lowest BCUT2D eigenvalue weighted by Crippen LogP contribution is -2.42. The first kappa shape index (κ1) is 27.9. The van der Waals surface area contributed by atoms with Crippen LogP contribution in [0.15, 0.2) is 77.7 Å². The van der Waals surface area contributed by atoms with Crippen molar-refractivity contribution in [3.8, 4) is 17.2 Å². The van der Waals surface area contributed by atoms with Crippen LogP contribution in [0, 0.1) is 0 Å². The first-order chi connectivity index (χ1) is 17.6. The highest BCUT2D eigenvalue weighted by atomic mass is 32.2. The largest absolute Gasteiger partial charge is 0.497 e. The molecule has 1 N–H and O–H groups in total. The minimum absolute atomic E-state index is 0.0456. The van der Waals surface area contributed by atoms with Crippen LogP contribution in [0.2, 0.25) is 0 Å². The second-order valence-corrected chi connectivity index (χ2v) is 11.2. The maximum absolute atomic E-state index is 13.6. The van der Waals surface area contributed by atoms with Gasteiger partial charge in [-0.25, -0.2) is 8.42 Å². The highest BCUT2D eigenvalue weighted by molar-refractivity contribution is 7.92. The Morgan fingerprint density at radius 1 is 0.892 bits per heavy atom. The Hall–Kier alpha value is -3.72. The van der Waals surface area contributed by atoms with Crippen molar-refractivity contribution in [2.75, 3.05) is 38.2 Å². The van der Waals surface area contributed by atoms with Gasteiger partial charge in [0.1, 0.15) is 30.4 Å². The lowest BCUT2D eigenvalue weighted by molar-refractivity contribution is -0.119. The van der Waals surface area contributed by atoms with Gasteiger partial charge in [-0.2, -0.15) is 0 Å². The van der Waals surface area contributed by atoms with Gasteiger partial charge in [-0.05, 0) is 47.4 Å². The summed E-state index contributed by atoms with van der Waals surface area (Å²) < 4.78 is 44.6. The third-order valence-electron chi connectivity index (χ3n) is 5.69. The Labute approximate surface area is 219 Å². The van der Waals surface area contributed by atoms with Crippen molar-refractivity contribution >= 4 is 21.6 Å². The Bertz CT molecular complexity index is 1290. The minimum atomic E-state index is -4.09. The number of carbonyl (C=O) groups excluding carboxylic acids is 1. The number of rotatable bonds is 11. The van der Waals surface area contributed by atoms with E-state index >= 15 is 0 Å². The van der Waals surface area contributed by atoms with Gasteiger partial charge in [-0.15, -0.1) is 0 Å². The van der Waals surface area contributed by atoms with Crippen molar-refractivity contribution in [1.82, 2.24) is 5.32 Å². The number of hydrogen-bond acceptors (Lipinski definition) is 6. The topological polar surface area (TPSA) is 94.2 Å². The van der Waals surface area contributed by atoms with Crippen molar-refractivity contribution in [1.29, 1.82) is 0 Å². The van der Waals surface area contributed by atoms with E-state index in [0.29, 0.717) is 11.5 Å². The van der Waals surface area contributed by atoms with Crippen LogP contribution < -0.4 is 23.8 Å². The Balaban J connectivity index is 1.73. The third-order valence-corrected chi connectivity index (χ3v) is 7.46. The van der Waals surface area contributed by atoms with Crippen molar-refractivity contribution in [2.24, 2.45) is 0 Å². The van der Waals surface area contributed by atoms with Crippen LogP contribution in [0.1, 0.15) is 26.3 Å². The van der Waals surface area contributed by atoms with Gasteiger partial charge in [-0.1, -0.05) is 51.1 Å². The summed E-state index contributed by atoms with van der Waals surface area (Å²) in [6.07, 6.45) is 0. The molecule has 0 bridgehead atoms. The number of ether oxygens (including phenoxy) is 3. The molecule has 0 spiro atoms.